The van der Waals surface area contributed by atoms with Crippen LogP contribution in [0.4, 0.5) is 10.3 Å². The third kappa shape index (κ3) is 3.66. The second-order valence-electron chi connectivity index (χ2n) is 7.63. The lowest BCUT2D eigenvalue weighted by Crippen LogP contribution is -2.17. The summed E-state index contributed by atoms with van der Waals surface area (Å²) < 4.78 is 15.2. The molecule has 0 unspecified atom stereocenters. The summed E-state index contributed by atoms with van der Waals surface area (Å²) in [6.45, 7) is 1.18. The van der Waals surface area contributed by atoms with Gasteiger partial charge in [0.05, 0.1) is 11.7 Å². The van der Waals surface area contributed by atoms with Gasteiger partial charge in [0, 0.05) is 36.9 Å². The fraction of sp³-hybridized carbons (Fsp3) is 0.0800. The van der Waals surface area contributed by atoms with E-state index in [4.69, 9.17) is 0 Å². The van der Waals surface area contributed by atoms with Gasteiger partial charge in [-0.1, -0.05) is 24.3 Å². The summed E-state index contributed by atoms with van der Waals surface area (Å²) in [4.78, 5) is 20.0. The standard InChI is InChI=1S/C25H16FN7/c26-20-6-5-18-15-32(16-19(18)13-20)25-28-11-8-22(31-25)24-27-10-7-21(30-24)9-12-33-23-4-2-1-3-17(23)14-29-33/h1-8,10-11,13-14H,15-16H2. The zero-order chi connectivity index (χ0) is 22.2. The molecule has 0 atom stereocenters. The number of anilines is 1. The Bertz CT molecular complexity index is 1560. The highest BCUT2D eigenvalue weighted by Crippen LogP contribution is 2.27. The maximum Gasteiger partial charge on any atom is 0.226 e. The Hall–Kier alpha value is -4.64. The van der Waals surface area contributed by atoms with E-state index in [1.165, 1.54) is 6.07 Å². The van der Waals surface area contributed by atoms with E-state index in [9.17, 15) is 4.39 Å². The van der Waals surface area contributed by atoms with Crippen LogP contribution >= 0.6 is 0 Å². The molecular weight excluding hydrogens is 417 g/mol. The van der Waals surface area contributed by atoms with Gasteiger partial charge in [0.25, 0.3) is 0 Å². The van der Waals surface area contributed by atoms with Crippen molar-refractivity contribution in [2.24, 2.45) is 0 Å². The molecule has 1 aliphatic rings. The zero-order valence-electron chi connectivity index (χ0n) is 17.4. The van der Waals surface area contributed by atoms with Gasteiger partial charge in [-0.05, 0) is 47.4 Å². The van der Waals surface area contributed by atoms with Gasteiger partial charge >= 0.3 is 0 Å². The third-order valence-corrected chi connectivity index (χ3v) is 5.47. The van der Waals surface area contributed by atoms with Crippen molar-refractivity contribution in [1.29, 1.82) is 0 Å². The van der Waals surface area contributed by atoms with Crippen molar-refractivity contribution < 1.29 is 4.39 Å². The number of nitrogens with zero attached hydrogens (tertiary/aromatic N) is 7. The van der Waals surface area contributed by atoms with Crippen LogP contribution in [0.5, 0.6) is 0 Å². The van der Waals surface area contributed by atoms with E-state index in [0.29, 0.717) is 36.3 Å². The van der Waals surface area contributed by atoms with Crippen LogP contribution in [0.1, 0.15) is 16.8 Å². The fourth-order valence-corrected chi connectivity index (χ4v) is 3.85. The normalized spacial score (nSPS) is 12.5. The average molecular weight is 433 g/mol. The number of hydrogen-bond donors (Lipinski definition) is 0. The highest BCUT2D eigenvalue weighted by atomic mass is 19.1. The molecule has 0 spiro atoms. The molecule has 0 fully saturated rings. The highest BCUT2D eigenvalue weighted by molar-refractivity contribution is 5.79. The van der Waals surface area contributed by atoms with Crippen LogP contribution in [0.2, 0.25) is 0 Å². The average Bonchev–Trinajstić information content (AvgIpc) is 3.47. The number of hydrogen-bond acceptors (Lipinski definition) is 6. The highest BCUT2D eigenvalue weighted by Gasteiger charge is 2.22. The zero-order valence-corrected chi connectivity index (χ0v) is 17.4. The van der Waals surface area contributed by atoms with E-state index < -0.39 is 0 Å². The molecule has 6 rings (SSSR count). The van der Waals surface area contributed by atoms with Crippen molar-refractivity contribution in [3.8, 4) is 23.5 Å². The number of aromatic nitrogens is 6. The maximum absolute atomic E-state index is 13.6. The van der Waals surface area contributed by atoms with Gasteiger partial charge in [-0.15, -0.1) is 0 Å². The number of benzene rings is 2. The fourth-order valence-electron chi connectivity index (χ4n) is 3.85. The Balaban J connectivity index is 1.28. The molecule has 158 valence electrons. The molecule has 0 N–H and O–H groups in total. The first kappa shape index (κ1) is 19.1. The largest absolute Gasteiger partial charge is 0.332 e. The minimum Gasteiger partial charge on any atom is -0.332 e. The number of fused-ring (bicyclic) bond motifs is 2. The molecule has 4 heterocycles. The monoisotopic (exact) mass is 433 g/mol. The molecular formula is C25H16FN7. The van der Waals surface area contributed by atoms with Gasteiger partial charge in [-0.2, -0.15) is 9.78 Å². The molecule has 3 aromatic heterocycles. The molecule has 0 saturated carbocycles. The summed E-state index contributed by atoms with van der Waals surface area (Å²) in [6.07, 6.45) is 5.12. The first-order valence-electron chi connectivity index (χ1n) is 10.4. The summed E-state index contributed by atoms with van der Waals surface area (Å²) in [5.74, 6) is 3.82. The first-order valence-corrected chi connectivity index (χ1v) is 10.4. The Morgan fingerprint density at radius 3 is 2.73 bits per heavy atom. The van der Waals surface area contributed by atoms with E-state index in [1.807, 2.05) is 35.2 Å². The second-order valence-corrected chi connectivity index (χ2v) is 7.63. The molecule has 8 heteroatoms. The van der Waals surface area contributed by atoms with Crippen molar-refractivity contribution >= 4 is 16.9 Å². The lowest BCUT2D eigenvalue weighted by Gasteiger charge is -2.15. The van der Waals surface area contributed by atoms with E-state index >= 15 is 0 Å². The van der Waals surface area contributed by atoms with Crippen LogP contribution in [-0.2, 0) is 13.1 Å². The quantitative estimate of drug-likeness (QED) is 0.395. The molecule has 0 aliphatic carbocycles. The smallest absolute Gasteiger partial charge is 0.226 e. The first-order chi connectivity index (χ1) is 16.2. The van der Waals surface area contributed by atoms with Crippen molar-refractivity contribution in [2.45, 2.75) is 13.1 Å². The predicted octanol–water partition coefficient (Wildman–Crippen LogP) is 3.80. The molecule has 1 aliphatic heterocycles. The summed E-state index contributed by atoms with van der Waals surface area (Å²) in [6, 6.07) is 19.3. The second kappa shape index (κ2) is 7.80. The van der Waals surface area contributed by atoms with Crippen molar-refractivity contribution in [3.63, 3.8) is 0 Å². The SMILES string of the molecule is Fc1ccc2c(c1)CN(c1nccc(-c3nccc(C#Cn4ncc5ccccc54)n3)n1)C2. The van der Waals surface area contributed by atoms with Crippen molar-refractivity contribution in [3.05, 3.63) is 95.8 Å². The molecule has 2 aromatic carbocycles. The van der Waals surface area contributed by atoms with Gasteiger partial charge in [-0.3, -0.25) is 0 Å². The lowest BCUT2D eigenvalue weighted by molar-refractivity contribution is 0.626. The Kier molecular flexibility index (Phi) is 4.51. The predicted molar refractivity (Wildman–Crippen MR) is 121 cm³/mol. The number of halogens is 1. The Morgan fingerprint density at radius 1 is 0.879 bits per heavy atom. The van der Waals surface area contributed by atoms with Crippen molar-refractivity contribution in [1.82, 2.24) is 29.7 Å². The minimum atomic E-state index is -0.236. The summed E-state index contributed by atoms with van der Waals surface area (Å²) in [7, 11) is 0. The Labute approximate surface area is 188 Å². The van der Waals surface area contributed by atoms with Crippen LogP contribution < -0.4 is 4.90 Å². The molecule has 5 aromatic rings. The van der Waals surface area contributed by atoms with Crippen LogP contribution in [-0.4, -0.2) is 29.7 Å². The molecule has 0 radical (unpaired) electrons. The molecule has 0 bridgehead atoms. The van der Waals surface area contributed by atoms with Gasteiger partial charge in [-0.25, -0.2) is 24.3 Å². The maximum atomic E-state index is 13.6. The van der Waals surface area contributed by atoms with E-state index in [-0.39, 0.29) is 5.82 Å². The minimum absolute atomic E-state index is 0.236. The third-order valence-electron chi connectivity index (χ3n) is 5.47. The van der Waals surface area contributed by atoms with E-state index in [2.05, 4.69) is 37.0 Å². The van der Waals surface area contributed by atoms with Crippen LogP contribution in [0.25, 0.3) is 22.4 Å². The summed E-state index contributed by atoms with van der Waals surface area (Å²) in [5.41, 5.74) is 4.11. The summed E-state index contributed by atoms with van der Waals surface area (Å²) >= 11 is 0. The molecule has 0 saturated heterocycles. The van der Waals surface area contributed by atoms with E-state index in [0.717, 1.165) is 22.0 Å². The van der Waals surface area contributed by atoms with Gasteiger partial charge in [0.2, 0.25) is 5.95 Å². The molecule has 7 nitrogen and oxygen atoms in total. The Morgan fingerprint density at radius 2 is 1.76 bits per heavy atom. The van der Waals surface area contributed by atoms with Gasteiger partial charge in [0.1, 0.15) is 17.2 Å². The van der Waals surface area contributed by atoms with Gasteiger partial charge in [0.15, 0.2) is 5.82 Å². The summed E-state index contributed by atoms with van der Waals surface area (Å²) in [5, 5.41) is 5.34. The van der Waals surface area contributed by atoms with Crippen LogP contribution in [0, 0.1) is 17.8 Å². The molecule has 0 amide bonds. The number of para-hydroxylation sites is 1. The topological polar surface area (TPSA) is 72.6 Å². The van der Waals surface area contributed by atoms with Crippen molar-refractivity contribution in [2.75, 3.05) is 4.90 Å². The van der Waals surface area contributed by atoms with Crippen LogP contribution in [0.3, 0.4) is 0 Å². The van der Waals surface area contributed by atoms with Crippen LogP contribution in [0.15, 0.2) is 73.2 Å². The number of rotatable bonds is 2. The molecule has 33 heavy (non-hydrogen) atoms. The van der Waals surface area contributed by atoms with Gasteiger partial charge < -0.3 is 4.90 Å². The van der Waals surface area contributed by atoms with E-state index in [1.54, 1.807) is 41.5 Å². The lowest BCUT2D eigenvalue weighted by atomic mass is 10.1.